The van der Waals surface area contributed by atoms with E-state index in [1.807, 2.05) is 0 Å². The van der Waals surface area contributed by atoms with Crippen LogP contribution in [-0.2, 0) is 4.79 Å². The Kier molecular flexibility index (Phi) is 4.54. The molecule has 16 heavy (non-hydrogen) atoms. The Hall–Kier alpha value is -1.30. The van der Waals surface area contributed by atoms with Gasteiger partial charge >= 0.3 is 6.03 Å². The van der Waals surface area contributed by atoms with Gasteiger partial charge in [-0.05, 0) is 6.92 Å². The number of urea groups is 1. The highest BCUT2D eigenvalue weighted by Crippen LogP contribution is 1.98. The number of nitrogens with zero attached hydrogens (tertiary/aromatic N) is 2. The van der Waals surface area contributed by atoms with E-state index in [4.69, 9.17) is 0 Å². The normalized spacial score (nSPS) is 17.8. The van der Waals surface area contributed by atoms with Crippen LogP contribution in [-0.4, -0.2) is 68.1 Å². The van der Waals surface area contributed by atoms with E-state index in [-0.39, 0.29) is 11.9 Å². The van der Waals surface area contributed by atoms with Gasteiger partial charge in [0.05, 0.1) is 0 Å². The van der Waals surface area contributed by atoms with Crippen LogP contribution in [0, 0.1) is 0 Å². The number of hydrogen-bond acceptors (Lipinski definition) is 3. The van der Waals surface area contributed by atoms with Crippen LogP contribution >= 0.6 is 0 Å². The van der Waals surface area contributed by atoms with Gasteiger partial charge in [-0.3, -0.25) is 4.79 Å². The van der Waals surface area contributed by atoms with Crippen molar-refractivity contribution in [1.82, 2.24) is 20.4 Å². The van der Waals surface area contributed by atoms with Crippen molar-refractivity contribution in [2.45, 2.75) is 13.0 Å². The van der Waals surface area contributed by atoms with Crippen molar-refractivity contribution in [3.63, 3.8) is 0 Å². The summed E-state index contributed by atoms with van der Waals surface area (Å²) in [5, 5.41) is 5.83. The van der Waals surface area contributed by atoms with Gasteiger partial charge in [-0.2, -0.15) is 0 Å². The van der Waals surface area contributed by atoms with Crippen LogP contribution in [0.25, 0.3) is 0 Å². The van der Waals surface area contributed by atoms with Crippen LogP contribution < -0.4 is 10.6 Å². The monoisotopic (exact) mass is 228 g/mol. The fourth-order valence-electron chi connectivity index (χ4n) is 1.54. The summed E-state index contributed by atoms with van der Waals surface area (Å²) in [6, 6.07) is -0.705. The first-order valence-electron chi connectivity index (χ1n) is 5.49. The van der Waals surface area contributed by atoms with Gasteiger partial charge in [0.1, 0.15) is 6.04 Å². The fraction of sp³-hybridized carbons (Fsp3) is 0.800. The highest BCUT2D eigenvalue weighted by Gasteiger charge is 2.23. The number of amides is 3. The van der Waals surface area contributed by atoms with Crippen LogP contribution in [0.4, 0.5) is 4.79 Å². The summed E-state index contributed by atoms with van der Waals surface area (Å²) in [6.07, 6.45) is 0. The maximum atomic E-state index is 11.9. The Morgan fingerprint density at radius 2 is 1.88 bits per heavy atom. The minimum atomic E-state index is -0.465. The zero-order valence-corrected chi connectivity index (χ0v) is 10.1. The van der Waals surface area contributed by atoms with Crippen molar-refractivity contribution in [3.8, 4) is 0 Å². The molecule has 0 aliphatic carbocycles. The molecule has 3 amide bonds. The molecule has 1 atom stereocenters. The molecule has 6 heteroatoms. The van der Waals surface area contributed by atoms with E-state index >= 15 is 0 Å². The molecular formula is C10H20N4O2. The lowest BCUT2D eigenvalue weighted by molar-refractivity contribution is -0.133. The Bertz CT molecular complexity index is 262. The van der Waals surface area contributed by atoms with Gasteiger partial charge in [-0.25, -0.2) is 4.79 Å². The van der Waals surface area contributed by atoms with Crippen molar-refractivity contribution < 1.29 is 9.59 Å². The van der Waals surface area contributed by atoms with E-state index in [0.29, 0.717) is 13.1 Å². The van der Waals surface area contributed by atoms with Crippen LogP contribution in [0.15, 0.2) is 0 Å². The highest BCUT2D eigenvalue weighted by atomic mass is 16.2. The molecule has 6 nitrogen and oxygen atoms in total. The first-order valence-corrected chi connectivity index (χ1v) is 5.49. The molecule has 0 radical (unpaired) electrons. The van der Waals surface area contributed by atoms with Gasteiger partial charge in [-0.15, -0.1) is 0 Å². The molecule has 1 aliphatic rings. The average molecular weight is 228 g/mol. The lowest BCUT2D eigenvalue weighted by atomic mass is 10.2. The van der Waals surface area contributed by atoms with E-state index in [0.717, 1.165) is 13.1 Å². The molecule has 1 unspecified atom stereocenters. The molecule has 0 aromatic carbocycles. The molecule has 1 rings (SSSR count). The molecule has 1 saturated heterocycles. The lowest BCUT2D eigenvalue weighted by Crippen LogP contribution is -2.54. The first-order chi connectivity index (χ1) is 7.52. The van der Waals surface area contributed by atoms with Crippen LogP contribution in [0.3, 0.4) is 0 Å². The maximum Gasteiger partial charge on any atom is 0.317 e. The summed E-state index contributed by atoms with van der Waals surface area (Å²) in [4.78, 5) is 26.5. The topological polar surface area (TPSA) is 64.7 Å². The molecule has 0 aromatic heterocycles. The van der Waals surface area contributed by atoms with Crippen molar-refractivity contribution in [3.05, 3.63) is 0 Å². The van der Waals surface area contributed by atoms with Gasteiger partial charge in [0.2, 0.25) is 5.91 Å². The summed E-state index contributed by atoms with van der Waals surface area (Å²) in [5.41, 5.74) is 0. The predicted molar refractivity (Wildman–Crippen MR) is 61.1 cm³/mol. The van der Waals surface area contributed by atoms with E-state index in [9.17, 15) is 9.59 Å². The van der Waals surface area contributed by atoms with Crippen molar-refractivity contribution in [2.24, 2.45) is 0 Å². The van der Waals surface area contributed by atoms with Gasteiger partial charge in [-0.1, -0.05) is 0 Å². The largest absolute Gasteiger partial charge is 0.338 e. The standard InChI is InChI=1S/C10H20N4O2/c1-8(12-10(16)13(2)3)9(15)14-6-4-11-5-7-14/h8,11H,4-7H2,1-3H3,(H,12,16). The van der Waals surface area contributed by atoms with Gasteiger partial charge in [0.15, 0.2) is 0 Å². The second-order valence-electron chi connectivity index (χ2n) is 4.14. The Balaban J connectivity index is 2.43. The quantitative estimate of drug-likeness (QED) is 0.642. The maximum absolute atomic E-state index is 11.9. The first kappa shape index (κ1) is 12.8. The summed E-state index contributed by atoms with van der Waals surface area (Å²) < 4.78 is 0. The lowest BCUT2D eigenvalue weighted by Gasteiger charge is -2.30. The summed E-state index contributed by atoms with van der Waals surface area (Å²) >= 11 is 0. The molecule has 0 aromatic rings. The molecule has 0 bridgehead atoms. The zero-order valence-electron chi connectivity index (χ0n) is 10.1. The van der Waals surface area contributed by atoms with E-state index < -0.39 is 6.04 Å². The molecule has 1 fully saturated rings. The zero-order chi connectivity index (χ0) is 12.1. The van der Waals surface area contributed by atoms with Crippen molar-refractivity contribution >= 4 is 11.9 Å². The highest BCUT2D eigenvalue weighted by molar-refractivity contribution is 5.86. The van der Waals surface area contributed by atoms with Crippen LogP contribution in [0.2, 0.25) is 0 Å². The Labute approximate surface area is 96.0 Å². The second kappa shape index (κ2) is 5.69. The molecular weight excluding hydrogens is 208 g/mol. The SMILES string of the molecule is CC(NC(=O)N(C)C)C(=O)N1CCNCC1. The predicted octanol–water partition coefficient (Wildman–Crippen LogP) is -0.922. The van der Waals surface area contributed by atoms with Crippen LogP contribution in [0.1, 0.15) is 6.92 Å². The van der Waals surface area contributed by atoms with Gasteiger partial charge in [0, 0.05) is 40.3 Å². The minimum Gasteiger partial charge on any atom is -0.338 e. The number of nitrogens with one attached hydrogen (secondary N) is 2. The minimum absolute atomic E-state index is 0.0169. The van der Waals surface area contributed by atoms with E-state index in [1.54, 1.807) is 25.9 Å². The third-order valence-corrected chi connectivity index (χ3v) is 2.55. The fourth-order valence-corrected chi connectivity index (χ4v) is 1.54. The Morgan fingerprint density at radius 1 is 1.31 bits per heavy atom. The van der Waals surface area contributed by atoms with Crippen LogP contribution in [0.5, 0.6) is 0 Å². The molecule has 1 aliphatic heterocycles. The third kappa shape index (κ3) is 3.37. The molecule has 92 valence electrons. The smallest absolute Gasteiger partial charge is 0.317 e. The van der Waals surface area contributed by atoms with Crippen molar-refractivity contribution in [1.29, 1.82) is 0 Å². The number of carbonyl (C=O) groups is 2. The summed E-state index contributed by atoms with van der Waals surface area (Å²) in [6.45, 7) is 4.77. The second-order valence-corrected chi connectivity index (χ2v) is 4.14. The average Bonchev–Trinajstić information content (AvgIpc) is 2.28. The van der Waals surface area contributed by atoms with E-state index in [2.05, 4.69) is 10.6 Å². The molecule has 0 spiro atoms. The summed E-state index contributed by atoms with van der Waals surface area (Å²) in [5.74, 6) is -0.0169. The number of piperazine rings is 1. The summed E-state index contributed by atoms with van der Waals surface area (Å²) in [7, 11) is 3.30. The van der Waals surface area contributed by atoms with Gasteiger partial charge in [0.25, 0.3) is 0 Å². The molecule has 2 N–H and O–H groups in total. The van der Waals surface area contributed by atoms with E-state index in [1.165, 1.54) is 4.90 Å². The number of carbonyl (C=O) groups excluding carboxylic acids is 2. The van der Waals surface area contributed by atoms with Gasteiger partial charge < -0.3 is 20.4 Å². The number of rotatable bonds is 2. The third-order valence-electron chi connectivity index (χ3n) is 2.55. The molecule has 0 saturated carbocycles. The van der Waals surface area contributed by atoms with Crippen molar-refractivity contribution in [2.75, 3.05) is 40.3 Å². The Morgan fingerprint density at radius 3 is 2.38 bits per heavy atom. The molecule has 1 heterocycles. The number of hydrogen-bond donors (Lipinski definition) is 2.